The van der Waals surface area contributed by atoms with Crippen LogP contribution in [-0.4, -0.2) is 29.1 Å². The Morgan fingerprint density at radius 2 is 2.15 bits per heavy atom. The predicted molar refractivity (Wildman–Crippen MR) is 75.1 cm³/mol. The Balaban J connectivity index is 1.64. The standard InChI is InChI=1S/C16H21FN2O/c1-10-7-16(9-19(10)12-3-4-12)8-14(18)13-6-11(17)2-5-15(13)20-16/h2,5-6,10,12,14H,3-4,7-9,18H2,1H3. The fourth-order valence-electron chi connectivity index (χ4n) is 4.01. The summed E-state index contributed by atoms with van der Waals surface area (Å²) in [6.07, 6.45) is 4.44. The van der Waals surface area contributed by atoms with Gasteiger partial charge in [-0.25, -0.2) is 4.39 Å². The van der Waals surface area contributed by atoms with Gasteiger partial charge in [0.05, 0.1) is 0 Å². The molecular formula is C16H21FN2O. The maximum Gasteiger partial charge on any atom is 0.125 e. The van der Waals surface area contributed by atoms with Gasteiger partial charge in [0.15, 0.2) is 0 Å². The van der Waals surface area contributed by atoms with E-state index in [9.17, 15) is 4.39 Å². The van der Waals surface area contributed by atoms with Crippen LogP contribution in [0.3, 0.4) is 0 Å². The maximum atomic E-state index is 13.4. The normalized spacial score (nSPS) is 37.0. The summed E-state index contributed by atoms with van der Waals surface area (Å²) in [7, 11) is 0. The molecule has 4 rings (SSSR count). The van der Waals surface area contributed by atoms with Crippen molar-refractivity contribution < 1.29 is 9.13 Å². The lowest BCUT2D eigenvalue weighted by atomic mass is 9.86. The van der Waals surface area contributed by atoms with E-state index in [4.69, 9.17) is 10.5 Å². The van der Waals surface area contributed by atoms with Crippen molar-refractivity contribution in [2.45, 2.75) is 56.3 Å². The average Bonchev–Trinajstić information content (AvgIpc) is 3.17. The van der Waals surface area contributed by atoms with Crippen molar-refractivity contribution in [3.63, 3.8) is 0 Å². The molecule has 1 aliphatic carbocycles. The first-order valence-electron chi connectivity index (χ1n) is 7.56. The van der Waals surface area contributed by atoms with Crippen LogP contribution in [0.4, 0.5) is 4.39 Å². The zero-order valence-electron chi connectivity index (χ0n) is 11.8. The van der Waals surface area contributed by atoms with Crippen LogP contribution in [0, 0.1) is 5.82 Å². The van der Waals surface area contributed by atoms with E-state index in [0.29, 0.717) is 6.04 Å². The largest absolute Gasteiger partial charge is 0.485 e. The molecule has 0 aromatic heterocycles. The summed E-state index contributed by atoms with van der Waals surface area (Å²) in [6, 6.07) is 5.89. The Bertz CT molecular complexity index is 545. The molecular weight excluding hydrogens is 255 g/mol. The second kappa shape index (κ2) is 4.18. The molecule has 20 heavy (non-hydrogen) atoms. The van der Waals surface area contributed by atoms with Crippen molar-refractivity contribution in [3.05, 3.63) is 29.6 Å². The Kier molecular flexibility index (Phi) is 2.63. The van der Waals surface area contributed by atoms with Crippen molar-refractivity contribution in [3.8, 4) is 5.75 Å². The first kappa shape index (κ1) is 12.6. The summed E-state index contributed by atoms with van der Waals surface area (Å²) < 4.78 is 19.7. The van der Waals surface area contributed by atoms with E-state index in [1.165, 1.54) is 25.0 Å². The van der Waals surface area contributed by atoms with Gasteiger partial charge in [0.1, 0.15) is 17.2 Å². The smallest absolute Gasteiger partial charge is 0.125 e. The van der Waals surface area contributed by atoms with Gasteiger partial charge in [-0.15, -0.1) is 0 Å². The number of benzene rings is 1. The second-order valence-corrected chi connectivity index (χ2v) is 6.73. The van der Waals surface area contributed by atoms with E-state index < -0.39 is 0 Å². The Morgan fingerprint density at radius 3 is 2.90 bits per heavy atom. The monoisotopic (exact) mass is 276 g/mol. The molecule has 1 saturated carbocycles. The van der Waals surface area contributed by atoms with Crippen molar-refractivity contribution >= 4 is 0 Å². The molecule has 108 valence electrons. The Labute approximate surface area is 118 Å². The molecule has 4 heteroatoms. The molecule has 0 bridgehead atoms. The van der Waals surface area contributed by atoms with Gasteiger partial charge >= 0.3 is 0 Å². The van der Waals surface area contributed by atoms with E-state index in [0.717, 1.165) is 36.7 Å². The third kappa shape index (κ3) is 1.93. The topological polar surface area (TPSA) is 38.5 Å². The van der Waals surface area contributed by atoms with Gasteiger partial charge in [-0.05, 0) is 38.0 Å². The third-order valence-corrected chi connectivity index (χ3v) is 5.01. The number of fused-ring (bicyclic) bond motifs is 1. The highest BCUT2D eigenvalue weighted by atomic mass is 19.1. The maximum absolute atomic E-state index is 13.4. The molecule has 2 aliphatic heterocycles. The van der Waals surface area contributed by atoms with Gasteiger partial charge in [-0.3, -0.25) is 4.90 Å². The number of likely N-dealkylation sites (tertiary alicyclic amines) is 1. The minimum Gasteiger partial charge on any atom is -0.485 e. The quantitative estimate of drug-likeness (QED) is 0.857. The van der Waals surface area contributed by atoms with Gasteiger partial charge in [0.2, 0.25) is 0 Å². The minimum atomic E-state index is -0.238. The molecule has 3 atom stereocenters. The highest BCUT2D eigenvalue weighted by molar-refractivity contribution is 5.39. The predicted octanol–water partition coefficient (Wildman–Crippen LogP) is 2.60. The fraction of sp³-hybridized carbons (Fsp3) is 0.625. The summed E-state index contributed by atoms with van der Waals surface area (Å²) in [5, 5.41) is 0. The molecule has 0 radical (unpaired) electrons. The zero-order valence-corrected chi connectivity index (χ0v) is 11.8. The molecule has 3 unspecified atom stereocenters. The number of nitrogens with two attached hydrogens (primary N) is 1. The molecule has 1 spiro atoms. The van der Waals surface area contributed by atoms with Crippen LogP contribution in [0.5, 0.6) is 5.75 Å². The molecule has 1 aromatic rings. The summed E-state index contributed by atoms with van der Waals surface area (Å²) in [6.45, 7) is 3.24. The number of hydrogen-bond acceptors (Lipinski definition) is 3. The van der Waals surface area contributed by atoms with Crippen molar-refractivity contribution in [1.82, 2.24) is 4.90 Å². The molecule has 2 heterocycles. The lowest BCUT2D eigenvalue weighted by Crippen LogP contribution is -2.45. The van der Waals surface area contributed by atoms with Crippen molar-refractivity contribution in [2.75, 3.05) is 6.54 Å². The van der Waals surface area contributed by atoms with Crippen LogP contribution >= 0.6 is 0 Å². The summed E-state index contributed by atoms with van der Waals surface area (Å²) in [5.41, 5.74) is 6.93. The van der Waals surface area contributed by atoms with E-state index in [-0.39, 0.29) is 17.5 Å². The number of hydrogen-bond donors (Lipinski definition) is 1. The molecule has 1 aromatic carbocycles. The lowest BCUT2D eigenvalue weighted by molar-refractivity contribution is 0.0431. The van der Waals surface area contributed by atoms with E-state index in [1.807, 2.05) is 0 Å². The summed E-state index contributed by atoms with van der Waals surface area (Å²) in [5.74, 6) is 0.535. The highest BCUT2D eigenvalue weighted by Crippen LogP contribution is 2.47. The van der Waals surface area contributed by atoms with Crippen LogP contribution in [0.1, 0.15) is 44.2 Å². The van der Waals surface area contributed by atoms with Crippen LogP contribution < -0.4 is 10.5 Å². The van der Waals surface area contributed by atoms with Crippen LogP contribution in [0.2, 0.25) is 0 Å². The highest BCUT2D eigenvalue weighted by Gasteiger charge is 2.51. The molecule has 2 N–H and O–H groups in total. The third-order valence-electron chi connectivity index (χ3n) is 5.01. The molecule has 0 amide bonds. The Hall–Kier alpha value is -1.13. The number of rotatable bonds is 1. The van der Waals surface area contributed by atoms with E-state index in [2.05, 4.69) is 11.8 Å². The number of halogens is 1. The van der Waals surface area contributed by atoms with E-state index >= 15 is 0 Å². The van der Waals surface area contributed by atoms with Gasteiger partial charge < -0.3 is 10.5 Å². The summed E-state index contributed by atoms with van der Waals surface area (Å²) in [4.78, 5) is 2.57. The molecule has 2 fully saturated rings. The van der Waals surface area contributed by atoms with Crippen LogP contribution in [0.15, 0.2) is 18.2 Å². The van der Waals surface area contributed by atoms with Gasteiger partial charge in [-0.1, -0.05) is 0 Å². The second-order valence-electron chi connectivity index (χ2n) is 6.73. The van der Waals surface area contributed by atoms with Gasteiger partial charge in [0, 0.05) is 43.1 Å². The molecule has 1 saturated heterocycles. The first-order valence-corrected chi connectivity index (χ1v) is 7.56. The first-order chi connectivity index (χ1) is 9.56. The average molecular weight is 276 g/mol. The molecule has 3 nitrogen and oxygen atoms in total. The number of nitrogens with zero attached hydrogens (tertiary/aromatic N) is 1. The van der Waals surface area contributed by atoms with Crippen molar-refractivity contribution in [1.29, 1.82) is 0 Å². The van der Waals surface area contributed by atoms with Gasteiger partial charge in [-0.2, -0.15) is 0 Å². The van der Waals surface area contributed by atoms with Crippen LogP contribution in [0.25, 0.3) is 0 Å². The van der Waals surface area contributed by atoms with Crippen LogP contribution in [-0.2, 0) is 0 Å². The van der Waals surface area contributed by atoms with Gasteiger partial charge in [0.25, 0.3) is 0 Å². The Morgan fingerprint density at radius 1 is 1.35 bits per heavy atom. The number of ether oxygens (including phenoxy) is 1. The minimum absolute atomic E-state index is 0.124. The summed E-state index contributed by atoms with van der Waals surface area (Å²) >= 11 is 0. The fourth-order valence-corrected chi connectivity index (χ4v) is 4.01. The lowest BCUT2D eigenvalue weighted by Gasteiger charge is -2.38. The zero-order chi connectivity index (χ0) is 13.9. The van der Waals surface area contributed by atoms with Crippen molar-refractivity contribution in [2.24, 2.45) is 5.73 Å². The van der Waals surface area contributed by atoms with E-state index in [1.54, 1.807) is 6.07 Å². The SMILES string of the molecule is CC1CC2(CC(N)c3cc(F)ccc3O2)CN1C1CC1. The molecule has 3 aliphatic rings.